The second-order valence-corrected chi connectivity index (χ2v) is 7.32. The van der Waals surface area contributed by atoms with Gasteiger partial charge >= 0.3 is 0 Å². The fraction of sp³-hybridized carbons (Fsp3) is 0.385. The van der Waals surface area contributed by atoms with Gasteiger partial charge in [-0.15, -0.1) is 11.8 Å². The van der Waals surface area contributed by atoms with Crippen LogP contribution in [-0.2, 0) is 5.75 Å². The molecule has 0 aliphatic heterocycles. The molecule has 1 aromatic carbocycles. The fourth-order valence-electron chi connectivity index (χ4n) is 1.38. The summed E-state index contributed by atoms with van der Waals surface area (Å²) in [5.41, 5.74) is 0.451. The number of hydrogen-bond donors (Lipinski definition) is 1. The molecule has 2 aromatic rings. The monoisotopic (exact) mass is 298 g/mol. The van der Waals surface area contributed by atoms with Crippen molar-refractivity contribution in [2.24, 2.45) is 0 Å². The Labute approximate surface area is 121 Å². The van der Waals surface area contributed by atoms with Gasteiger partial charge in [0.1, 0.15) is 5.75 Å². The van der Waals surface area contributed by atoms with Gasteiger partial charge in [-0.2, -0.15) is 4.98 Å². The minimum atomic E-state index is 0.0723. The van der Waals surface area contributed by atoms with Crippen molar-refractivity contribution in [3.8, 4) is 17.2 Å². The highest BCUT2D eigenvalue weighted by Gasteiger charge is 2.16. The number of phenols is 1. The molecule has 102 valence electrons. The van der Waals surface area contributed by atoms with Crippen molar-refractivity contribution in [1.29, 1.82) is 0 Å². The van der Waals surface area contributed by atoms with Gasteiger partial charge in [0.15, 0.2) is 5.82 Å². The van der Waals surface area contributed by atoms with Gasteiger partial charge in [-0.25, -0.2) is 0 Å². The summed E-state index contributed by atoms with van der Waals surface area (Å²) < 4.78 is 5.30. The van der Waals surface area contributed by atoms with Crippen molar-refractivity contribution in [3.05, 3.63) is 29.0 Å². The van der Waals surface area contributed by atoms with Crippen LogP contribution in [0, 0.1) is 0 Å². The Bertz CT molecular complexity index is 578. The lowest BCUT2D eigenvalue weighted by Crippen LogP contribution is -2.07. The first kappa shape index (κ1) is 14.2. The van der Waals surface area contributed by atoms with Gasteiger partial charge in [-0.3, -0.25) is 0 Å². The predicted molar refractivity (Wildman–Crippen MR) is 77.5 cm³/mol. The number of thioether (sulfide) groups is 1. The Kier molecular flexibility index (Phi) is 4.06. The third-order valence-corrected chi connectivity index (χ3v) is 3.80. The Morgan fingerprint density at radius 1 is 1.37 bits per heavy atom. The van der Waals surface area contributed by atoms with Crippen LogP contribution in [-0.4, -0.2) is 20.0 Å². The molecule has 0 amide bonds. The highest BCUT2D eigenvalue weighted by molar-refractivity contribution is 7.99. The van der Waals surface area contributed by atoms with Gasteiger partial charge in [0.2, 0.25) is 0 Å². The minimum absolute atomic E-state index is 0.0723. The molecule has 6 heteroatoms. The van der Waals surface area contributed by atoms with Crippen molar-refractivity contribution < 1.29 is 9.63 Å². The number of benzene rings is 1. The number of halogens is 1. The third kappa shape index (κ3) is 3.88. The molecule has 1 N–H and O–H groups in total. The summed E-state index contributed by atoms with van der Waals surface area (Å²) in [6, 6.07) is 4.71. The maximum atomic E-state index is 9.77. The van der Waals surface area contributed by atoms with E-state index in [0.717, 1.165) is 0 Å². The number of hydrogen-bond acceptors (Lipinski definition) is 5. The van der Waals surface area contributed by atoms with Gasteiger partial charge in [0, 0.05) is 9.77 Å². The molecule has 2 rings (SSSR count). The maximum Gasteiger partial charge on any atom is 0.261 e. The molecule has 0 unspecified atom stereocenters. The van der Waals surface area contributed by atoms with Crippen molar-refractivity contribution in [3.63, 3.8) is 0 Å². The smallest absolute Gasteiger partial charge is 0.261 e. The largest absolute Gasteiger partial charge is 0.507 e. The molecule has 0 spiro atoms. The summed E-state index contributed by atoms with van der Waals surface area (Å²) in [6.07, 6.45) is 0. The lowest BCUT2D eigenvalue weighted by atomic mass is 10.2. The van der Waals surface area contributed by atoms with Crippen molar-refractivity contribution in [2.75, 3.05) is 0 Å². The number of nitrogens with zero attached hydrogens (tertiary/aromatic N) is 2. The Hall–Kier alpha value is -1.20. The second kappa shape index (κ2) is 5.43. The average Bonchev–Trinajstić information content (AvgIpc) is 2.77. The Balaban J connectivity index is 2.19. The zero-order valence-corrected chi connectivity index (χ0v) is 12.5. The van der Waals surface area contributed by atoms with Gasteiger partial charge in [0.25, 0.3) is 5.89 Å². The molecule has 1 heterocycles. The van der Waals surface area contributed by atoms with Gasteiger partial charge in [0.05, 0.1) is 11.3 Å². The highest BCUT2D eigenvalue weighted by Crippen LogP contribution is 2.31. The standard InChI is InChI=1S/C13H15ClN2O2S/c1-13(2,3)19-7-11-15-12(18-16-11)9-6-8(14)4-5-10(9)17/h4-6,17H,7H2,1-3H3. The van der Waals surface area contributed by atoms with Crippen LogP contribution < -0.4 is 0 Å². The SMILES string of the molecule is CC(C)(C)SCc1noc(-c2cc(Cl)ccc2O)n1. The molecular formula is C13H15ClN2O2S. The van der Waals surface area contributed by atoms with E-state index in [1.54, 1.807) is 23.9 Å². The van der Waals surface area contributed by atoms with Crippen molar-refractivity contribution in [1.82, 2.24) is 10.1 Å². The molecule has 4 nitrogen and oxygen atoms in total. The van der Waals surface area contributed by atoms with Crippen LogP contribution in [0.15, 0.2) is 22.7 Å². The molecule has 19 heavy (non-hydrogen) atoms. The lowest BCUT2D eigenvalue weighted by molar-refractivity contribution is 0.419. The van der Waals surface area contributed by atoms with Gasteiger partial charge < -0.3 is 9.63 Å². The molecule has 0 aliphatic carbocycles. The third-order valence-electron chi connectivity index (χ3n) is 2.29. The van der Waals surface area contributed by atoms with Crippen LogP contribution >= 0.6 is 23.4 Å². The number of phenolic OH excluding ortho intramolecular Hbond substituents is 1. The molecule has 0 aliphatic rings. The maximum absolute atomic E-state index is 9.77. The Morgan fingerprint density at radius 3 is 2.79 bits per heavy atom. The van der Waals surface area contributed by atoms with Gasteiger partial charge in [-0.1, -0.05) is 37.5 Å². The molecule has 1 aromatic heterocycles. The van der Waals surface area contributed by atoms with E-state index in [9.17, 15) is 5.11 Å². The van der Waals surface area contributed by atoms with Crippen LogP contribution in [0.4, 0.5) is 0 Å². The molecule has 0 saturated heterocycles. The van der Waals surface area contributed by atoms with E-state index in [1.807, 2.05) is 0 Å². The zero-order chi connectivity index (χ0) is 14.0. The number of aromatic hydroxyl groups is 1. The number of rotatable bonds is 3. The zero-order valence-electron chi connectivity index (χ0n) is 11.0. The lowest BCUT2D eigenvalue weighted by Gasteiger charge is -2.15. The molecule has 0 saturated carbocycles. The summed E-state index contributed by atoms with van der Waals surface area (Å²) in [4.78, 5) is 4.27. The van der Waals surface area contributed by atoms with E-state index < -0.39 is 0 Å². The van der Waals surface area contributed by atoms with E-state index in [4.69, 9.17) is 16.1 Å². The Morgan fingerprint density at radius 2 is 2.11 bits per heavy atom. The summed E-state index contributed by atoms with van der Waals surface area (Å²) >= 11 is 7.62. The molecule has 0 fully saturated rings. The first-order valence-corrected chi connectivity index (χ1v) is 7.17. The first-order chi connectivity index (χ1) is 8.85. The number of aromatic nitrogens is 2. The van der Waals surface area contributed by atoms with Crippen LogP contribution in [0.5, 0.6) is 5.75 Å². The van der Waals surface area contributed by atoms with Crippen LogP contribution in [0.1, 0.15) is 26.6 Å². The van der Waals surface area contributed by atoms with Gasteiger partial charge in [-0.05, 0) is 18.2 Å². The summed E-state index contributed by atoms with van der Waals surface area (Å²) in [5, 5.41) is 14.2. The summed E-state index contributed by atoms with van der Waals surface area (Å²) in [7, 11) is 0. The highest BCUT2D eigenvalue weighted by atomic mass is 35.5. The van der Waals surface area contributed by atoms with Crippen molar-refractivity contribution >= 4 is 23.4 Å². The second-order valence-electron chi connectivity index (χ2n) is 5.08. The average molecular weight is 299 g/mol. The van der Waals surface area contributed by atoms with Crippen LogP contribution in [0.2, 0.25) is 5.02 Å². The van der Waals surface area contributed by atoms with Crippen LogP contribution in [0.3, 0.4) is 0 Å². The summed E-state index contributed by atoms with van der Waals surface area (Å²) in [6.45, 7) is 6.38. The van der Waals surface area contributed by atoms with Crippen molar-refractivity contribution in [2.45, 2.75) is 31.3 Å². The van der Waals surface area contributed by atoms with E-state index in [-0.39, 0.29) is 16.4 Å². The fourth-order valence-corrected chi connectivity index (χ4v) is 2.23. The quantitative estimate of drug-likeness (QED) is 0.923. The van der Waals surface area contributed by atoms with E-state index in [2.05, 4.69) is 30.9 Å². The predicted octanol–water partition coefficient (Wildman–Crippen LogP) is 4.13. The molecule has 0 radical (unpaired) electrons. The normalized spacial score (nSPS) is 11.8. The summed E-state index contributed by atoms with van der Waals surface area (Å²) in [5.74, 6) is 1.62. The van der Waals surface area contributed by atoms with E-state index in [0.29, 0.717) is 22.2 Å². The van der Waals surface area contributed by atoms with E-state index in [1.165, 1.54) is 6.07 Å². The first-order valence-electron chi connectivity index (χ1n) is 5.80. The molecule has 0 atom stereocenters. The molecule has 0 bridgehead atoms. The minimum Gasteiger partial charge on any atom is -0.507 e. The van der Waals surface area contributed by atoms with Crippen LogP contribution in [0.25, 0.3) is 11.5 Å². The molecular weight excluding hydrogens is 284 g/mol. The topological polar surface area (TPSA) is 59.2 Å². The van der Waals surface area contributed by atoms with E-state index >= 15 is 0 Å².